The lowest BCUT2D eigenvalue weighted by Gasteiger charge is -2.43. The van der Waals surface area contributed by atoms with E-state index < -0.39 is 5.83 Å². The topological polar surface area (TPSA) is 44.8 Å². The molecule has 0 amide bonds. The standard InChI is InChI=1S/C22H23FNO4/c1-24(2)9-8-15-11-19-21(28-13-27-19)22(26-3)20(15)18(24)12-16(25)10-14-6-4-5-7-17(14)23/h5,7,11,18H,8-10,12-13H2,1-3H3/q+1. The van der Waals surface area contributed by atoms with E-state index in [1.807, 2.05) is 6.07 Å². The molecular weight excluding hydrogens is 361 g/mol. The van der Waals surface area contributed by atoms with Gasteiger partial charge in [-0.2, -0.15) is 0 Å². The van der Waals surface area contributed by atoms with Crippen LogP contribution in [0.4, 0.5) is 4.39 Å². The van der Waals surface area contributed by atoms with Crippen LogP contribution in [-0.4, -0.2) is 44.8 Å². The third-order valence-electron chi connectivity index (χ3n) is 5.70. The van der Waals surface area contributed by atoms with Crippen molar-refractivity contribution in [1.82, 2.24) is 0 Å². The van der Waals surface area contributed by atoms with Crippen molar-refractivity contribution >= 4 is 5.78 Å². The number of carbonyl (C=O) groups is 1. The van der Waals surface area contributed by atoms with E-state index in [-0.39, 0.29) is 37.0 Å². The van der Waals surface area contributed by atoms with Crippen molar-refractivity contribution in [2.75, 3.05) is 34.5 Å². The number of ketones is 1. The number of likely N-dealkylation sites (N-methyl/N-ethyl adjacent to an activating group) is 1. The maximum Gasteiger partial charge on any atom is 0.231 e. The van der Waals surface area contributed by atoms with Gasteiger partial charge in [0, 0.05) is 18.4 Å². The number of carbonyl (C=O) groups excluding carboxylic acids is 1. The van der Waals surface area contributed by atoms with Gasteiger partial charge in [-0.1, -0.05) is 11.5 Å². The quantitative estimate of drug-likeness (QED) is 0.575. The Morgan fingerprint density at radius 3 is 2.96 bits per heavy atom. The molecule has 0 N–H and O–H groups in total. The van der Waals surface area contributed by atoms with E-state index in [0.29, 0.717) is 21.7 Å². The van der Waals surface area contributed by atoms with Crippen LogP contribution >= 0.6 is 0 Å². The Morgan fingerprint density at radius 2 is 2.21 bits per heavy atom. The normalized spacial score (nSPS) is 21.1. The van der Waals surface area contributed by atoms with Crippen LogP contribution in [0.15, 0.2) is 41.1 Å². The van der Waals surface area contributed by atoms with Crippen molar-refractivity contribution in [2.45, 2.75) is 25.3 Å². The number of ether oxygens (including phenoxy) is 3. The molecule has 0 aromatic heterocycles. The number of methoxy groups -OCH3 is 1. The fourth-order valence-corrected chi connectivity index (χ4v) is 4.13. The molecule has 146 valence electrons. The molecule has 2 aliphatic heterocycles. The van der Waals surface area contributed by atoms with Crippen molar-refractivity contribution in [3.63, 3.8) is 0 Å². The molecule has 1 aromatic rings. The first-order chi connectivity index (χ1) is 13.4. The number of halogens is 1. The van der Waals surface area contributed by atoms with E-state index in [9.17, 15) is 9.18 Å². The van der Waals surface area contributed by atoms with E-state index in [2.05, 4.69) is 25.6 Å². The Morgan fingerprint density at radius 1 is 1.39 bits per heavy atom. The molecule has 3 aliphatic rings. The molecule has 0 spiro atoms. The van der Waals surface area contributed by atoms with Crippen LogP contribution in [0.1, 0.15) is 30.0 Å². The number of hydrogen-bond donors (Lipinski definition) is 0. The lowest BCUT2D eigenvalue weighted by molar-refractivity contribution is -0.922. The minimum absolute atomic E-state index is 0.00186. The van der Waals surface area contributed by atoms with Gasteiger partial charge < -0.3 is 18.7 Å². The van der Waals surface area contributed by atoms with Gasteiger partial charge in [-0.3, -0.25) is 4.79 Å². The van der Waals surface area contributed by atoms with Crippen molar-refractivity contribution in [2.24, 2.45) is 0 Å². The summed E-state index contributed by atoms with van der Waals surface area (Å²) in [7, 11) is 5.82. The number of quaternary nitrogens is 1. The molecule has 0 radical (unpaired) electrons. The third-order valence-corrected chi connectivity index (χ3v) is 5.70. The van der Waals surface area contributed by atoms with Crippen molar-refractivity contribution in [1.29, 1.82) is 0 Å². The molecule has 2 heterocycles. The van der Waals surface area contributed by atoms with Gasteiger partial charge in [-0.25, -0.2) is 4.39 Å². The van der Waals surface area contributed by atoms with Crippen LogP contribution in [-0.2, 0) is 11.2 Å². The minimum atomic E-state index is -0.425. The van der Waals surface area contributed by atoms with E-state index in [4.69, 9.17) is 14.2 Å². The van der Waals surface area contributed by atoms with Crippen molar-refractivity contribution in [3.05, 3.63) is 52.2 Å². The Kier molecular flexibility index (Phi) is 4.64. The van der Waals surface area contributed by atoms with Gasteiger partial charge in [0.15, 0.2) is 11.5 Å². The van der Waals surface area contributed by atoms with Gasteiger partial charge in [0.2, 0.25) is 12.5 Å². The Balaban J connectivity index is 1.69. The van der Waals surface area contributed by atoms with Gasteiger partial charge in [0.25, 0.3) is 0 Å². The monoisotopic (exact) mass is 384 g/mol. The van der Waals surface area contributed by atoms with Crippen molar-refractivity contribution in [3.8, 4) is 17.2 Å². The second kappa shape index (κ2) is 6.99. The zero-order valence-corrected chi connectivity index (χ0v) is 16.3. The fourth-order valence-electron chi connectivity index (χ4n) is 4.13. The SMILES string of the molecule is COc1c2c(cc3c1C(CC(=O)CC1=C=C=CC=C1F)[N+](C)(C)CC3)OCO2. The highest BCUT2D eigenvalue weighted by Gasteiger charge is 2.42. The zero-order valence-electron chi connectivity index (χ0n) is 16.3. The molecule has 0 bridgehead atoms. The highest BCUT2D eigenvalue weighted by Crippen LogP contribution is 2.51. The lowest BCUT2D eigenvalue weighted by atomic mass is 9.86. The largest absolute Gasteiger partial charge is 0.492 e. The number of hydrogen-bond acceptors (Lipinski definition) is 4. The summed E-state index contributed by atoms with van der Waals surface area (Å²) in [6.45, 7) is 1.05. The highest BCUT2D eigenvalue weighted by molar-refractivity contribution is 5.82. The summed E-state index contributed by atoms with van der Waals surface area (Å²) in [5.74, 6) is 1.45. The summed E-state index contributed by atoms with van der Waals surface area (Å²) in [4.78, 5) is 12.9. The maximum absolute atomic E-state index is 13.9. The van der Waals surface area contributed by atoms with Gasteiger partial charge >= 0.3 is 0 Å². The predicted molar refractivity (Wildman–Crippen MR) is 101 cm³/mol. The summed E-state index contributed by atoms with van der Waals surface area (Å²) in [5, 5.41) is 0. The number of Topliss-reactive ketones (excluding diaryl/α,β-unsaturated/α-hetero) is 1. The molecule has 28 heavy (non-hydrogen) atoms. The van der Waals surface area contributed by atoms with Gasteiger partial charge in [-0.15, -0.1) is 0 Å². The van der Waals surface area contributed by atoms with Gasteiger partial charge in [0.05, 0.1) is 39.7 Å². The third kappa shape index (κ3) is 3.16. The van der Waals surface area contributed by atoms with E-state index in [1.54, 1.807) is 7.11 Å². The summed E-state index contributed by atoms with van der Waals surface area (Å²) in [6.07, 6.45) is 3.89. The Bertz CT molecular complexity index is 979. The molecule has 1 aromatic carbocycles. The molecule has 6 heteroatoms. The molecule has 0 saturated heterocycles. The summed E-state index contributed by atoms with van der Waals surface area (Å²) >= 11 is 0. The summed E-state index contributed by atoms with van der Waals surface area (Å²) in [5.41, 5.74) is 7.79. The highest BCUT2D eigenvalue weighted by atomic mass is 19.1. The number of fused-ring (bicyclic) bond motifs is 2. The second-order valence-electron chi connectivity index (χ2n) is 7.83. The average Bonchev–Trinajstić information content (AvgIpc) is 3.12. The van der Waals surface area contributed by atoms with Crippen LogP contribution in [0.25, 0.3) is 0 Å². The molecule has 4 rings (SSSR count). The Hall–Kier alpha value is -2.78. The first-order valence-electron chi connectivity index (χ1n) is 9.31. The fraction of sp³-hybridized carbons (Fsp3) is 0.409. The predicted octanol–water partition coefficient (Wildman–Crippen LogP) is 3.55. The second-order valence-corrected chi connectivity index (χ2v) is 7.83. The van der Waals surface area contributed by atoms with E-state index in [0.717, 1.165) is 24.1 Å². The lowest BCUT2D eigenvalue weighted by Crippen LogP contribution is -2.48. The maximum atomic E-state index is 13.9. The molecular formula is C22H23FNO4+. The summed E-state index contributed by atoms with van der Waals surface area (Å²) < 4.78 is 31.4. The van der Waals surface area contributed by atoms with E-state index in [1.165, 1.54) is 12.2 Å². The van der Waals surface area contributed by atoms with Gasteiger partial charge in [-0.05, 0) is 23.8 Å². The number of rotatable bonds is 5. The molecule has 1 aliphatic carbocycles. The van der Waals surface area contributed by atoms with Crippen LogP contribution in [0, 0.1) is 0 Å². The first kappa shape index (κ1) is 18.6. The number of nitrogens with zero attached hydrogens (tertiary/aromatic N) is 1. The number of allylic oxidation sites excluding steroid dienone is 4. The van der Waals surface area contributed by atoms with Crippen LogP contribution < -0.4 is 14.2 Å². The average molecular weight is 384 g/mol. The smallest absolute Gasteiger partial charge is 0.231 e. The van der Waals surface area contributed by atoms with Crippen molar-refractivity contribution < 1.29 is 27.9 Å². The zero-order chi connectivity index (χ0) is 19.9. The molecule has 0 fully saturated rings. The van der Waals surface area contributed by atoms with Crippen LogP contribution in [0.5, 0.6) is 17.2 Å². The summed E-state index contributed by atoms with van der Waals surface area (Å²) in [6, 6.07) is 1.88. The van der Waals surface area contributed by atoms with E-state index >= 15 is 0 Å². The van der Waals surface area contributed by atoms with Crippen LogP contribution in [0.2, 0.25) is 0 Å². The first-order valence-corrected chi connectivity index (χ1v) is 9.31. The molecule has 1 atom stereocenters. The Labute approximate surface area is 163 Å². The minimum Gasteiger partial charge on any atom is -0.492 e. The number of benzene rings is 1. The molecule has 5 nitrogen and oxygen atoms in total. The molecule has 1 unspecified atom stereocenters. The van der Waals surface area contributed by atoms with Crippen LogP contribution in [0.3, 0.4) is 0 Å². The molecule has 0 saturated carbocycles. The van der Waals surface area contributed by atoms with Gasteiger partial charge in [0.1, 0.15) is 17.7 Å².